The Kier molecular flexibility index (Phi) is 2.69. The number of carbonyl (C=O) groups excluding carboxylic acids is 1. The average Bonchev–Trinajstić information content (AvgIpc) is 2.27. The predicted molar refractivity (Wildman–Crippen MR) is 65.5 cm³/mol. The fraction of sp³-hybridized carbons (Fsp3) is 0.929. The molecule has 4 fully saturated rings. The van der Waals surface area contributed by atoms with Crippen LogP contribution < -0.4 is 5.32 Å². The smallest absolute Gasteiger partial charge is 0.323 e. The largest absolute Gasteiger partial charge is 0.468 e. The molecular formula is C14H23NO2. The lowest BCUT2D eigenvalue weighted by atomic mass is 9.47. The van der Waals surface area contributed by atoms with Gasteiger partial charge in [-0.05, 0) is 68.7 Å². The predicted octanol–water partition coefficient (Wildman–Crippen LogP) is 1.96. The van der Waals surface area contributed by atoms with Gasteiger partial charge in [-0.25, -0.2) is 0 Å². The molecule has 3 heteroatoms. The molecule has 17 heavy (non-hydrogen) atoms. The van der Waals surface area contributed by atoms with E-state index in [4.69, 9.17) is 4.74 Å². The molecule has 0 aromatic carbocycles. The van der Waals surface area contributed by atoms with Crippen LogP contribution in [0.2, 0.25) is 0 Å². The third-order valence-corrected chi connectivity index (χ3v) is 5.42. The average molecular weight is 237 g/mol. The Labute approximate surface area is 103 Å². The van der Waals surface area contributed by atoms with Crippen molar-refractivity contribution < 1.29 is 9.53 Å². The van der Waals surface area contributed by atoms with E-state index in [1.54, 1.807) is 0 Å². The van der Waals surface area contributed by atoms with Crippen LogP contribution in [-0.4, -0.2) is 26.2 Å². The molecule has 0 spiro atoms. The van der Waals surface area contributed by atoms with E-state index in [0.717, 1.165) is 17.8 Å². The van der Waals surface area contributed by atoms with Crippen LogP contribution >= 0.6 is 0 Å². The summed E-state index contributed by atoms with van der Waals surface area (Å²) in [6, 6.07) is -0.0825. The summed E-state index contributed by atoms with van der Waals surface area (Å²) in [6.07, 6.45) is 7.95. The van der Waals surface area contributed by atoms with Crippen molar-refractivity contribution in [3.05, 3.63) is 0 Å². The lowest BCUT2D eigenvalue weighted by Crippen LogP contribution is -2.58. The SMILES string of the molecule is CN[C@@H](C(=O)OC)C12CC3CC(CC(C3)C1)C2. The maximum absolute atomic E-state index is 12.0. The number of ether oxygens (including phenoxy) is 1. The van der Waals surface area contributed by atoms with Gasteiger partial charge in [-0.2, -0.15) is 0 Å². The van der Waals surface area contributed by atoms with E-state index in [0.29, 0.717) is 0 Å². The lowest BCUT2D eigenvalue weighted by Gasteiger charge is -2.58. The number of hydrogen-bond donors (Lipinski definition) is 1. The first-order valence-electron chi connectivity index (χ1n) is 6.92. The minimum absolute atomic E-state index is 0.0607. The normalized spacial score (nSPS) is 44.7. The van der Waals surface area contributed by atoms with Crippen LogP contribution in [0.15, 0.2) is 0 Å². The van der Waals surface area contributed by atoms with Gasteiger partial charge in [0.25, 0.3) is 0 Å². The van der Waals surface area contributed by atoms with Crippen LogP contribution in [-0.2, 0) is 9.53 Å². The third-order valence-electron chi connectivity index (χ3n) is 5.42. The van der Waals surface area contributed by atoms with E-state index in [2.05, 4.69) is 5.32 Å². The minimum Gasteiger partial charge on any atom is -0.468 e. The number of esters is 1. The quantitative estimate of drug-likeness (QED) is 0.763. The Morgan fingerprint density at radius 1 is 1.18 bits per heavy atom. The molecule has 4 aliphatic carbocycles. The lowest BCUT2D eigenvalue weighted by molar-refractivity contribution is -0.154. The molecule has 4 aliphatic rings. The van der Waals surface area contributed by atoms with Crippen molar-refractivity contribution in [2.75, 3.05) is 14.2 Å². The summed E-state index contributed by atoms with van der Waals surface area (Å²) in [7, 11) is 3.41. The maximum atomic E-state index is 12.0. The third kappa shape index (κ3) is 1.70. The van der Waals surface area contributed by atoms with Crippen LogP contribution in [0.25, 0.3) is 0 Å². The molecule has 0 heterocycles. The molecule has 0 aromatic rings. The van der Waals surface area contributed by atoms with Gasteiger partial charge < -0.3 is 10.1 Å². The first-order valence-corrected chi connectivity index (χ1v) is 6.92. The molecule has 1 N–H and O–H groups in total. The Morgan fingerprint density at radius 2 is 1.65 bits per heavy atom. The van der Waals surface area contributed by atoms with Crippen LogP contribution in [0.3, 0.4) is 0 Å². The van der Waals surface area contributed by atoms with Crippen molar-refractivity contribution in [1.82, 2.24) is 5.32 Å². The number of methoxy groups -OCH3 is 1. The van der Waals surface area contributed by atoms with Crippen molar-refractivity contribution in [3.8, 4) is 0 Å². The topological polar surface area (TPSA) is 38.3 Å². The zero-order chi connectivity index (χ0) is 12.0. The first kappa shape index (κ1) is 11.5. The van der Waals surface area contributed by atoms with Crippen molar-refractivity contribution in [2.24, 2.45) is 23.2 Å². The van der Waals surface area contributed by atoms with Crippen molar-refractivity contribution in [2.45, 2.75) is 44.6 Å². The fourth-order valence-corrected chi connectivity index (χ4v) is 5.32. The van der Waals surface area contributed by atoms with Gasteiger partial charge in [0.1, 0.15) is 6.04 Å². The number of nitrogens with one attached hydrogen (secondary N) is 1. The first-order chi connectivity index (χ1) is 8.16. The molecule has 0 radical (unpaired) electrons. The van der Waals surface area contributed by atoms with E-state index < -0.39 is 0 Å². The highest BCUT2D eigenvalue weighted by atomic mass is 16.5. The van der Waals surface area contributed by atoms with Gasteiger partial charge in [-0.15, -0.1) is 0 Å². The van der Waals surface area contributed by atoms with Gasteiger partial charge in [-0.1, -0.05) is 0 Å². The van der Waals surface area contributed by atoms with Crippen molar-refractivity contribution >= 4 is 5.97 Å². The molecule has 0 amide bonds. The summed E-state index contributed by atoms with van der Waals surface area (Å²) < 4.78 is 4.99. The van der Waals surface area contributed by atoms with E-state index >= 15 is 0 Å². The van der Waals surface area contributed by atoms with Gasteiger partial charge in [0.15, 0.2) is 0 Å². The second-order valence-electron chi connectivity index (χ2n) is 6.52. The molecule has 96 valence electrons. The molecule has 0 aromatic heterocycles. The van der Waals surface area contributed by atoms with Crippen LogP contribution in [0.4, 0.5) is 0 Å². The van der Waals surface area contributed by atoms with Gasteiger partial charge in [0.2, 0.25) is 0 Å². The number of likely N-dealkylation sites (N-methyl/N-ethyl adjacent to an activating group) is 1. The van der Waals surface area contributed by atoms with E-state index in [-0.39, 0.29) is 17.4 Å². The van der Waals surface area contributed by atoms with Crippen LogP contribution in [0.1, 0.15) is 38.5 Å². The van der Waals surface area contributed by atoms with Crippen molar-refractivity contribution in [3.63, 3.8) is 0 Å². The van der Waals surface area contributed by atoms with E-state index in [1.807, 2.05) is 7.05 Å². The Hall–Kier alpha value is -0.570. The maximum Gasteiger partial charge on any atom is 0.323 e. The molecule has 0 saturated heterocycles. The second kappa shape index (κ2) is 3.98. The number of hydrogen-bond acceptors (Lipinski definition) is 3. The zero-order valence-electron chi connectivity index (χ0n) is 10.9. The van der Waals surface area contributed by atoms with Crippen LogP contribution in [0, 0.1) is 23.2 Å². The molecule has 4 saturated carbocycles. The summed E-state index contributed by atoms with van der Waals surface area (Å²) in [5, 5.41) is 3.24. The molecule has 0 unspecified atom stereocenters. The second-order valence-corrected chi connectivity index (χ2v) is 6.52. The molecule has 0 aliphatic heterocycles. The fourth-order valence-electron chi connectivity index (χ4n) is 5.32. The minimum atomic E-state index is -0.0825. The summed E-state index contributed by atoms with van der Waals surface area (Å²) in [6.45, 7) is 0. The Morgan fingerprint density at radius 3 is 2.00 bits per heavy atom. The van der Waals surface area contributed by atoms with Gasteiger partial charge in [0, 0.05) is 0 Å². The van der Waals surface area contributed by atoms with E-state index in [9.17, 15) is 4.79 Å². The highest BCUT2D eigenvalue weighted by Crippen LogP contribution is 2.61. The molecule has 1 atom stereocenters. The Bertz CT molecular complexity index is 291. The molecular weight excluding hydrogens is 214 g/mol. The highest BCUT2D eigenvalue weighted by Gasteiger charge is 2.55. The van der Waals surface area contributed by atoms with E-state index in [1.165, 1.54) is 45.6 Å². The van der Waals surface area contributed by atoms with Crippen LogP contribution in [0.5, 0.6) is 0 Å². The number of carbonyl (C=O) groups is 1. The summed E-state index contributed by atoms with van der Waals surface area (Å²) in [4.78, 5) is 12.0. The highest BCUT2D eigenvalue weighted by molar-refractivity contribution is 5.77. The van der Waals surface area contributed by atoms with Gasteiger partial charge >= 0.3 is 5.97 Å². The molecule has 3 nitrogen and oxygen atoms in total. The van der Waals surface area contributed by atoms with Gasteiger partial charge in [0.05, 0.1) is 7.11 Å². The monoisotopic (exact) mass is 237 g/mol. The summed E-state index contributed by atoms with van der Waals surface area (Å²) in [5.41, 5.74) is 0.205. The zero-order valence-corrected chi connectivity index (χ0v) is 10.9. The molecule has 4 bridgehead atoms. The van der Waals surface area contributed by atoms with Gasteiger partial charge in [-0.3, -0.25) is 4.79 Å². The number of rotatable bonds is 3. The molecule has 4 rings (SSSR count). The standard InChI is InChI=1S/C14H23NO2/c1-15-12(13(16)17-2)14-6-9-3-10(7-14)5-11(4-9)8-14/h9-12,15H,3-8H2,1-2H3/t9?,10?,11?,12-,14?/m0/s1. The summed E-state index contributed by atoms with van der Waals surface area (Å²) in [5.74, 6) is 2.57. The Balaban J connectivity index is 1.87. The van der Waals surface area contributed by atoms with Crippen molar-refractivity contribution in [1.29, 1.82) is 0 Å². The summed E-state index contributed by atoms with van der Waals surface area (Å²) >= 11 is 0.